The predicted octanol–water partition coefficient (Wildman–Crippen LogP) is 1.87. The number of hydrogen-bond acceptors (Lipinski definition) is 4. The summed E-state index contributed by atoms with van der Waals surface area (Å²) in [6.07, 6.45) is 3.37. The molecule has 0 atom stereocenters. The first kappa shape index (κ1) is 11.6. The Bertz CT molecular complexity index is 390. The van der Waals surface area contributed by atoms with E-state index in [9.17, 15) is 0 Å². The predicted molar refractivity (Wildman–Crippen MR) is 64.1 cm³/mol. The van der Waals surface area contributed by atoms with Crippen molar-refractivity contribution >= 4 is 11.3 Å². The third-order valence-electron chi connectivity index (χ3n) is 3.17. The molecule has 0 saturated heterocycles. The van der Waals surface area contributed by atoms with Crippen LogP contribution in [0.1, 0.15) is 29.0 Å². The molecule has 2 N–H and O–H groups in total. The fraction of sp³-hybridized carbons (Fsp3) is 0.583. The molecule has 0 aliphatic heterocycles. The molecule has 0 aromatic carbocycles. The van der Waals surface area contributed by atoms with Gasteiger partial charge in [0.05, 0.1) is 0 Å². The lowest BCUT2D eigenvalue weighted by Gasteiger charge is -2.13. The molecular weight excluding hydrogens is 220 g/mol. The van der Waals surface area contributed by atoms with Gasteiger partial charge in [0.2, 0.25) is 0 Å². The lowest BCUT2D eigenvalue weighted by Crippen LogP contribution is -2.24. The van der Waals surface area contributed by atoms with E-state index in [1.54, 1.807) is 11.3 Å². The van der Waals surface area contributed by atoms with Gasteiger partial charge in [-0.25, -0.2) is 0 Å². The second-order valence-corrected chi connectivity index (χ2v) is 5.62. The molecule has 1 aromatic rings. The Labute approximate surface area is 99.7 Å². The third kappa shape index (κ3) is 2.82. The number of nitrogens with zero attached hydrogens (tertiary/aromatic N) is 1. The Morgan fingerprint density at radius 2 is 2.31 bits per heavy atom. The van der Waals surface area contributed by atoms with E-state index in [0.717, 1.165) is 24.4 Å². The standard InChI is InChI=1S/C12H16N2OS/c13-7-10-1-2-11(16-10)8-14-9-12(3-4-12)5-6-15/h1-2,14-15H,3-6,8-9H2. The van der Waals surface area contributed by atoms with E-state index in [2.05, 4.69) is 11.4 Å². The van der Waals surface area contributed by atoms with E-state index >= 15 is 0 Å². The Morgan fingerprint density at radius 3 is 2.88 bits per heavy atom. The highest BCUT2D eigenvalue weighted by Crippen LogP contribution is 2.47. The molecular formula is C12H16N2OS. The van der Waals surface area contributed by atoms with Crippen LogP contribution in [-0.2, 0) is 6.54 Å². The summed E-state index contributed by atoms with van der Waals surface area (Å²) < 4.78 is 0. The molecule has 0 bridgehead atoms. The van der Waals surface area contributed by atoms with Gasteiger partial charge in [-0.3, -0.25) is 0 Å². The third-order valence-corrected chi connectivity index (χ3v) is 4.16. The van der Waals surface area contributed by atoms with Gasteiger partial charge in [0, 0.05) is 24.6 Å². The minimum absolute atomic E-state index is 0.291. The second-order valence-electron chi connectivity index (χ2n) is 4.45. The zero-order valence-electron chi connectivity index (χ0n) is 9.20. The Morgan fingerprint density at radius 1 is 1.50 bits per heavy atom. The molecule has 1 saturated carbocycles. The van der Waals surface area contributed by atoms with Crippen molar-refractivity contribution in [2.45, 2.75) is 25.8 Å². The molecule has 0 radical (unpaired) electrons. The lowest BCUT2D eigenvalue weighted by atomic mass is 10.0. The Balaban J connectivity index is 1.74. The van der Waals surface area contributed by atoms with Crippen LogP contribution in [0.4, 0.5) is 0 Å². The molecule has 0 unspecified atom stereocenters. The van der Waals surface area contributed by atoms with E-state index in [1.807, 2.05) is 12.1 Å². The fourth-order valence-electron chi connectivity index (χ4n) is 1.91. The van der Waals surface area contributed by atoms with Gasteiger partial charge < -0.3 is 10.4 Å². The smallest absolute Gasteiger partial charge is 0.110 e. The van der Waals surface area contributed by atoms with Crippen molar-refractivity contribution in [3.05, 3.63) is 21.9 Å². The summed E-state index contributed by atoms with van der Waals surface area (Å²) in [5, 5.41) is 21.0. The molecule has 0 amide bonds. The van der Waals surface area contributed by atoms with Gasteiger partial charge in [-0.05, 0) is 36.8 Å². The summed E-state index contributed by atoms with van der Waals surface area (Å²) in [6.45, 7) is 2.10. The average Bonchev–Trinajstić information content (AvgIpc) is 2.89. The van der Waals surface area contributed by atoms with Crippen LogP contribution in [-0.4, -0.2) is 18.3 Å². The summed E-state index contributed by atoms with van der Waals surface area (Å²) in [6, 6.07) is 6.01. The SMILES string of the molecule is N#Cc1ccc(CNCC2(CCO)CC2)s1. The van der Waals surface area contributed by atoms with Gasteiger partial charge in [-0.2, -0.15) is 5.26 Å². The first-order valence-corrected chi connectivity index (χ1v) is 6.40. The normalized spacial score (nSPS) is 17.0. The number of aliphatic hydroxyl groups is 1. The van der Waals surface area contributed by atoms with Crippen molar-refractivity contribution in [1.82, 2.24) is 5.32 Å². The molecule has 86 valence electrons. The van der Waals surface area contributed by atoms with Crippen LogP contribution >= 0.6 is 11.3 Å². The van der Waals surface area contributed by atoms with Crippen molar-refractivity contribution in [3.63, 3.8) is 0 Å². The molecule has 1 heterocycles. The molecule has 3 nitrogen and oxygen atoms in total. The topological polar surface area (TPSA) is 56.0 Å². The van der Waals surface area contributed by atoms with Gasteiger partial charge >= 0.3 is 0 Å². The van der Waals surface area contributed by atoms with Crippen molar-refractivity contribution in [2.24, 2.45) is 5.41 Å². The first-order chi connectivity index (χ1) is 7.78. The van der Waals surface area contributed by atoms with Crippen LogP contribution in [0.3, 0.4) is 0 Å². The van der Waals surface area contributed by atoms with E-state index in [1.165, 1.54) is 17.7 Å². The van der Waals surface area contributed by atoms with Gasteiger partial charge in [-0.1, -0.05) is 0 Å². The summed E-state index contributed by atoms with van der Waals surface area (Å²) in [5.74, 6) is 0. The number of thiophene rings is 1. The summed E-state index contributed by atoms with van der Waals surface area (Å²) in [4.78, 5) is 1.98. The highest BCUT2D eigenvalue weighted by molar-refractivity contribution is 7.12. The van der Waals surface area contributed by atoms with Crippen LogP contribution in [0.5, 0.6) is 0 Å². The van der Waals surface area contributed by atoms with Crippen LogP contribution in [0.15, 0.2) is 12.1 Å². The van der Waals surface area contributed by atoms with E-state index in [0.29, 0.717) is 12.0 Å². The maximum Gasteiger partial charge on any atom is 0.110 e. The second kappa shape index (κ2) is 4.96. The van der Waals surface area contributed by atoms with Gasteiger partial charge in [0.15, 0.2) is 0 Å². The Kier molecular flexibility index (Phi) is 3.59. The molecule has 1 aromatic heterocycles. The number of aliphatic hydroxyl groups excluding tert-OH is 1. The summed E-state index contributed by atoms with van der Waals surface area (Å²) in [5.41, 5.74) is 0.365. The minimum atomic E-state index is 0.291. The summed E-state index contributed by atoms with van der Waals surface area (Å²) in [7, 11) is 0. The molecule has 2 rings (SSSR count). The van der Waals surface area contributed by atoms with E-state index in [4.69, 9.17) is 10.4 Å². The molecule has 1 aliphatic carbocycles. The van der Waals surface area contributed by atoms with Crippen molar-refractivity contribution in [2.75, 3.05) is 13.2 Å². The first-order valence-electron chi connectivity index (χ1n) is 5.58. The Hall–Kier alpha value is -0.890. The molecule has 0 spiro atoms. The van der Waals surface area contributed by atoms with Crippen LogP contribution in [0.2, 0.25) is 0 Å². The van der Waals surface area contributed by atoms with Gasteiger partial charge in [0.1, 0.15) is 10.9 Å². The fourth-order valence-corrected chi connectivity index (χ4v) is 2.69. The zero-order valence-corrected chi connectivity index (χ0v) is 10.0. The maximum atomic E-state index is 8.93. The summed E-state index contributed by atoms with van der Waals surface area (Å²) >= 11 is 1.54. The van der Waals surface area contributed by atoms with Crippen LogP contribution in [0, 0.1) is 16.7 Å². The largest absolute Gasteiger partial charge is 0.396 e. The highest BCUT2D eigenvalue weighted by Gasteiger charge is 2.41. The van der Waals surface area contributed by atoms with Gasteiger partial charge in [0.25, 0.3) is 0 Å². The quantitative estimate of drug-likeness (QED) is 0.793. The highest BCUT2D eigenvalue weighted by atomic mass is 32.1. The monoisotopic (exact) mass is 236 g/mol. The zero-order chi connectivity index (χ0) is 11.4. The number of rotatable bonds is 6. The van der Waals surface area contributed by atoms with Crippen molar-refractivity contribution in [1.29, 1.82) is 5.26 Å². The average molecular weight is 236 g/mol. The van der Waals surface area contributed by atoms with Crippen LogP contribution < -0.4 is 5.32 Å². The van der Waals surface area contributed by atoms with Crippen molar-refractivity contribution in [3.8, 4) is 6.07 Å². The van der Waals surface area contributed by atoms with E-state index < -0.39 is 0 Å². The number of hydrogen-bond donors (Lipinski definition) is 2. The minimum Gasteiger partial charge on any atom is -0.396 e. The molecule has 1 fully saturated rings. The maximum absolute atomic E-state index is 8.93. The van der Waals surface area contributed by atoms with E-state index in [-0.39, 0.29) is 0 Å². The van der Waals surface area contributed by atoms with Crippen LogP contribution in [0.25, 0.3) is 0 Å². The number of nitriles is 1. The van der Waals surface area contributed by atoms with Gasteiger partial charge in [-0.15, -0.1) is 11.3 Å². The lowest BCUT2D eigenvalue weighted by molar-refractivity contribution is 0.245. The molecule has 1 aliphatic rings. The van der Waals surface area contributed by atoms with Crippen molar-refractivity contribution < 1.29 is 5.11 Å². The number of nitrogens with one attached hydrogen (secondary N) is 1. The molecule has 4 heteroatoms. The molecule has 16 heavy (non-hydrogen) atoms.